The lowest BCUT2D eigenvalue weighted by molar-refractivity contribution is 0.198. The summed E-state index contributed by atoms with van der Waals surface area (Å²) in [7, 11) is 0. The molecule has 1 N–H and O–H groups in total. The molecule has 1 aromatic rings. The van der Waals surface area contributed by atoms with E-state index in [1.165, 1.54) is 6.26 Å². The van der Waals surface area contributed by atoms with Gasteiger partial charge < -0.3 is 9.52 Å². The van der Waals surface area contributed by atoms with Crippen molar-refractivity contribution in [1.29, 1.82) is 0 Å². The zero-order valence-electron chi connectivity index (χ0n) is 4.66. The Morgan fingerprint density at radius 3 is 2.75 bits per heavy atom. The van der Waals surface area contributed by atoms with E-state index < -0.39 is 6.10 Å². The van der Waals surface area contributed by atoms with E-state index in [1.54, 1.807) is 19.3 Å². The molecule has 8 heavy (non-hydrogen) atoms. The summed E-state index contributed by atoms with van der Waals surface area (Å²) >= 11 is 0. The molecule has 0 amide bonds. The van der Waals surface area contributed by atoms with Gasteiger partial charge in [-0.3, -0.25) is 0 Å². The van der Waals surface area contributed by atoms with Gasteiger partial charge in [-0.2, -0.15) is 0 Å². The summed E-state index contributed by atoms with van der Waals surface area (Å²) in [6.07, 6.45) is 2.67. The largest absolute Gasteiger partial charge is 0.472 e. The molecule has 0 aliphatic heterocycles. The third-order valence-electron chi connectivity index (χ3n) is 1.03. The average molecular weight is 112 g/mol. The molecule has 2 nitrogen and oxygen atoms in total. The summed E-state index contributed by atoms with van der Waals surface area (Å²) in [6, 6.07) is 1.74. The maximum Gasteiger partial charge on any atom is 0.0960 e. The van der Waals surface area contributed by atoms with Gasteiger partial charge in [0.2, 0.25) is 0 Å². The third kappa shape index (κ3) is 0.898. The SMILES string of the molecule is C[C@@H](O)c1ccoc1. The van der Waals surface area contributed by atoms with E-state index in [0.29, 0.717) is 0 Å². The number of aliphatic hydroxyl groups is 1. The zero-order chi connectivity index (χ0) is 5.98. The maximum atomic E-state index is 8.85. The smallest absolute Gasteiger partial charge is 0.0960 e. The van der Waals surface area contributed by atoms with E-state index >= 15 is 0 Å². The fourth-order valence-corrected chi connectivity index (χ4v) is 0.513. The van der Waals surface area contributed by atoms with Gasteiger partial charge in [-0.1, -0.05) is 0 Å². The molecule has 1 heterocycles. The molecule has 44 valence electrons. The van der Waals surface area contributed by atoms with Crippen LogP contribution in [0.15, 0.2) is 23.0 Å². The van der Waals surface area contributed by atoms with Crippen molar-refractivity contribution in [3.8, 4) is 0 Å². The molecule has 0 saturated heterocycles. The molecule has 1 rings (SSSR count). The van der Waals surface area contributed by atoms with Crippen LogP contribution in [0, 0.1) is 0 Å². The van der Waals surface area contributed by atoms with Crippen LogP contribution in [0.1, 0.15) is 18.6 Å². The molecule has 0 aromatic carbocycles. The van der Waals surface area contributed by atoms with E-state index in [1.807, 2.05) is 0 Å². The summed E-state index contributed by atoms with van der Waals surface area (Å²) in [4.78, 5) is 0. The van der Waals surface area contributed by atoms with Crippen LogP contribution in [0.25, 0.3) is 0 Å². The normalized spacial score (nSPS) is 13.8. The molecule has 1 aromatic heterocycles. The van der Waals surface area contributed by atoms with Gasteiger partial charge >= 0.3 is 0 Å². The summed E-state index contributed by atoms with van der Waals surface area (Å²) in [5.41, 5.74) is 0.824. The third-order valence-corrected chi connectivity index (χ3v) is 1.03. The summed E-state index contributed by atoms with van der Waals surface area (Å²) in [5, 5.41) is 8.85. The first-order valence-electron chi connectivity index (χ1n) is 2.51. The van der Waals surface area contributed by atoms with Crippen molar-refractivity contribution in [2.45, 2.75) is 13.0 Å². The Bertz CT molecular complexity index is 142. The van der Waals surface area contributed by atoms with Gasteiger partial charge in [0.25, 0.3) is 0 Å². The zero-order valence-corrected chi connectivity index (χ0v) is 4.66. The molecule has 1 atom stereocenters. The van der Waals surface area contributed by atoms with Crippen LogP contribution in [-0.2, 0) is 0 Å². The van der Waals surface area contributed by atoms with Gasteiger partial charge in [-0.15, -0.1) is 0 Å². The van der Waals surface area contributed by atoms with Gasteiger partial charge in [-0.25, -0.2) is 0 Å². The highest BCUT2D eigenvalue weighted by molar-refractivity contribution is 5.07. The standard InChI is InChI=1S/C6H8O2/c1-5(7)6-2-3-8-4-6/h2-5,7H,1H3/t5-/m1/s1. The highest BCUT2D eigenvalue weighted by Gasteiger charge is 1.98. The van der Waals surface area contributed by atoms with Crippen LogP contribution < -0.4 is 0 Å². The highest BCUT2D eigenvalue weighted by Crippen LogP contribution is 2.10. The molecule has 0 unspecified atom stereocenters. The second-order valence-electron chi connectivity index (χ2n) is 1.73. The summed E-state index contributed by atoms with van der Waals surface area (Å²) < 4.78 is 4.72. The fourth-order valence-electron chi connectivity index (χ4n) is 0.513. The topological polar surface area (TPSA) is 33.4 Å². The van der Waals surface area contributed by atoms with E-state index in [2.05, 4.69) is 0 Å². The molecule has 0 fully saturated rings. The predicted octanol–water partition coefficient (Wildman–Crippen LogP) is 1.33. The first-order chi connectivity index (χ1) is 3.80. The Morgan fingerprint density at radius 2 is 2.50 bits per heavy atom. The number of furan rings is 1. The highest BCUT2D eigenvalue weighted by atomic mass is 16.3. The molecular weight excluding hydrogens is 104 g/mol. The molecule has 0 aliphatic carbocycles. The minimum atomic E-state index is -0.409. The molecule has 2 heteroatoms. The number of aliphatic hydroxyl groups excluding tert-OH is 1. The van der Waals surface area contributed by atoms with E-state index in [-0.39, 0.29) is 0 Å². The van der Waals surface area contributed by atoms with Gasteiger partial charge in [0.15, 0.2) is 0 Å². The number of rotatable bonds is 1. The van der Waals surface area contributed by atoms with Crippen molar-refractivity contribution >= 4 is 0 Å². The van der Waals surface area contributed by atoms with Crippen LogP contribution in [-0.4, -0.2) is 5.11 Å². The van der Waals surface area contributed by atoms with Crippen LogP contribution in [0.5, 0.6) is 0 Å². The van der Waals surface area contributed by atoms with E-state index in [9.17, 15) is 0 Å². The first-order valence-corrected chi connectivity index (χ1v) is 2.51. The second-order valence-corrected chi connectivity index (χ2v) is 1.73. The Morgan fingerprint density at radius 1 is 1.75 bits per heavy atom. The minimum Gasteiger partial charge on any atom is -0.472 e. The minimum absolute atomic E-state index is 0.409. The van der Waals surface area contributed by atoms with E-state index in [4.69, 9.17) is 9.52 Å². The number of hydrogen-bond donors (Lipinski definition) is 1. The fraction of sp³-hybridized carbons (Fsp3) is 0.333. The van der Waals surface area contributed by atoms with Gasteiger partial charge in [-0.05, 0) is 13.0 Å². The van der Waals surface area contributed by atoms with Crippen molar-refractivity contribution in [1.82, 2.24) is 0 Å². The van der Waals surface area contributed by atoms with Crippen molar-refractivity contribution in [2.24, 2.45) is 0 Å². The van der Waals surface area contributed by atoms with Crippen LogP contribution in [0.3, 0.4) is 0 Å². The Hall–Kier alpha value is -0.760. The average Bonchev–Trinajstić information content (AvgIpc) is 2.12. The molecular formula is C6H8O2. The molecule has 0 saturated carbocycles. The first kappa shape index (κ1) is 5.38. The van der Waals surface area contributed by atoms with Gasteiger partial charge in [0.1, 0.15) is 0 Å². The summed E-state index contributed by atoms with van der Waals surface area (Å²) in [5.74, 6) is 0. The lowest BCUT2D eigenvalue weighted by Crippen LogP contribution is -1.84. The second kappa shape index (κ2) is 2.01. The number of hydrogen-bond acceptors (Lipinski definition) is 2. The quantitative estimate of drug-likeness (QED) is 0.594. The molecule has 0 bridgehead atoms. The Labute approximate surface area is 47.7 Å². The van der Waals surface area contributed by atoms with Crippen LogP contribution >= 0.6 is 0 Å². The van der Waals surface area contributed by atoms with Crippen LogP contribution in [0.2, 0.25) is 0 Å². The Balaban J connectivity index is 2.77. The predicted molar refractivity (Wildman–Crippen MR) is 29.3 cm³/mol. The van der Waals surface area contributed by atoms with Gasteiger partial charge in [0.05, 0.1) is 18.6 Å². The van der Waals surface area contributed by atoms with Gasteiger partial charge in [0, 0.05) is 5.56 Å². The molecule has 0 aliphatic rings. The van der Waals surface area contributed by atoms with Crippen molar-refractivity contribution in [3.05, 3.63) is 24.2 Å². The lowest BCUT2D eigenvalue weighted by Gasteiger charge is -1.94. The summed E-state index contributed by atoms with van der Waals surface area (Å²) in [6.45, 7) is 1.70. The molecule has 0 spiro atoms. The van der Waals surface area contributed by atoms with E-state index in [0.717, 1.165) is 5.56 Å². The van der Waals surface area contributed by atoms with Crippen molar-refractivity contribution < 1.29 is 9.52 Å². The van der Waals surface area contributed by atoms with Crippen LogP contribution in [0.4, 0.5) is 0 Å². The monoisotopic (exact) mass is 112 g/mol. The van der Waals surface area contributed by atoms with Crippen molar-refractivity contribution in [2.75, 3.05) is 0 Å². The van der Waals surface area contributed by atoms with Crippen molar-refractivity contribution in [3.63, 3.8) is 0 Å². The maximum absolute atomic E-state index is 8.85. The lowest BCUT2D eigenvalue weighted by atomic mass is 10.2. The Kier molecular flexibility index (Phi) is 1.35. The molecule has 0 radical (unpaired) electrons.